The van der Waals surface area contributed by atoms with Crippen LogP contribution in [0.2, 0.25) is 0 Å². The summed E-state index contributed by atoms with van der Waals surface area (Å²) in [7, 11) is 0. The van der Waals surface area contributed by atoms with E-state index in [0.717, 1.165) is 0 Å². The van der Waals surface area contributed by atoms with E-state index in [1.165, 1.54) is 11.8 Å². The predicted octanol–water partition coefficient (Wildman–Crippen LogP) is -2.19. The van der Waals surface area contributed by atoms with Gasteiger partial charge in [0.25, 0.3) is 0 Å². The lowest BCUT2D eigenvalue weighted by Crippen LogP contribution is -2.57. The zero-order chi connectivity index (χ0) is 27.1. The molecule has 0 saturated heterocycles. The van der Waals surface area contributed by atoms with Crippen molar-refractivity contribution in [1.29, 1.82) is 0 Å². The molecule has 4 unspecified atom stereocenters. The largest absolute Gasteiger partial charge is 0.481 e. The Labute approximate surface area is 204 Å². The van der Waals surface area contributed by atoms with Crippen LogP contribution in [0.4, 0.5) is 0 Å². The monoisotopic (exact) mass is 522 g/mol. The Hall–Kier alpha value is -3.40. The number of rotatable bonds is 18. The average Bonchev–Trinajstić information content (AvgIpc) is 2.75. The highest BCUT2D eigenvalue weighted by atomic mass is 32.2. The second-order valence-electron chi connectivity index (χ2n) is 7.37. The number of nitrogens with two attached hydrogens (primary N) is 1. The smallest absolute Gasteiger partial charge is 0.326 e. The summed E-state index contributed by atoms with van der Waals surface area (Å²) in [4.78, 5) is 81.4. The Kier molecular flexibility index (Phi) is 14.7. The Morgan fingerprint density at radius 3 is 1.54 bits per heavy atom. The van der Waals surface area contributed by atoms with Gasteiger partial charge in [0.15, 0.2) is 0 Å². The third kappa shape index (κ3) is 13.8. The van der Waals surface area contributed by atoms with Crippen molar-refractivity contribution in [2.45, 2.75) is 62.7 Å². The molecule has 0 rings (SSSR count). The second-order valence-corrected chi connectivity index (χ2v) is 8.36. The first-order valence-electron chi connectivity index (χ1n) is 10.3. The van der Waals surface area contributed by atoms with E-state index < -0.39 is 97.9 Å². The first-order chi connectivity index (χ1) is 16.3. The minimum atomic E-state index is -1.54. The number of carbonyl (C=O) groups is 7. The normalized spacial score (nSPS) is 14.0. The number of carbonyl (C=O) groups excluding carboxylic acids is 3. The van der Waals surface area contributed by atoms with Gasteiger partial charge in [-0.3, -0.25) is 28.8 Å². The van der Waals surface area contributed by atoms with Crippen LogP contribution in [0.25, 0.3) is 0 Å². The molecule has 0 bridgehead atoms. The van der Waals surface area contributed by atoms with Gasteiger partial charge in [0, 0.05) is 12.8 Å². The van der Waals surface area contributed by atoms with E-state index in [2.05, 4.69) is 16.0 Å². The number of carboxylic acids is 4. The van der Waals surface area contributed by atoms with E-state index >= 15 is 0 Å². The molecule has 0 aliphatic heterocycles. The fourth-order valence-corrected chi connectivity index (χ4v) is 3.14. The number of nitrogens with one attached hydrogen (secondary N) is 3. The van der Waals surface area contributed by atoms with E-state index in [4.69, 9.17) is 21.1 Å². The summed E-state index contributed by atoms with van der Waals surface area (Å²) in [5.41, 5.74) is 5.47. The van der Waals surface area contributed by atoms with E-state index in [1.807, 2.05) is 0 Å². The topological polar surface area (TPSA) is 263 Å². The molecule has 0 aromatic rings. The maximum atomic E-state index is 12.8. The van der Waals surface area contributed by atoms with Gasteiger partial charge < -0.3 is 42.1 Å². The molecule has 0 heterocycles. The molecule has 15 nitrogen and oxygen atoms in total. The van der Waals surface area contributed by atoms with Gasteiger partial charge in [0.1, 0.15) is 18.1 Å². The number of aliphatic carboxylic acids is 4. The highest BCUT2D eigenvalue weighted by Crippen LogP contribution is 2.07. The molecule has 0 aromatic heterocycles. The van der Waals surface area contributed by atoms with Gasteiger partial charge in [-0.15, -0.1) is 0 Å². The molecule has 9 N–H and O–H groups in total. The lowest BCUT2D eigenvalue weighted by molar-refractivity contribution is -0.143. The number of hydrogen-bond acceptors (Lipinski definition) is 9. The first-order valence-corrected chi connectivity index (χ1v) is 11.7. The van der Waals surface area contributed by atoms with Crippen molar-refractivity contribution in [3.05, 3.63) is 0 Å². The van der Waals surface area contributed by atoms with Gasteiger partial charge in [0.2, 0.25) is 17.7 Å². The zero-order valence-electron chi connectivity index (χ0n) is 18.9. The number of hydrogen-bond donors (Lipinski definition) is 8. The van der Waals surface area contributed by atoms with Gasteiger partial charge in [0.05, 0.1) is 12.5 Å². The molecular weight excluding hydrogens is 492 g/mol. The lowest BCUT2D eigenvalue weighted by Gasteiger charge is -2.25. The summed E-state index contributed by atoms with van der Waals surface area (Å²) in [6.45, 7) is 0. The highest BCUT2D eigenvalue weighted by molar-refractivity contribution is 7.98. The van der Waals surface area contributed by atoms with E-state index in [-0.39, 0.29) is 6.42 Å². The van der Waals surface area contributed by atoms with Crippen molar-refractivity contribution < 1.29 is 54.0 Å². The van der Waals surface area contributed by atoms with E-state index in [0.29, 0.717) is 5.75 Å². The summed E-state index contributed by atoms with van der Waals surface area (Å²) in [6, 6.07) is -5.83. The molecule has 4 atom stereocenters. The van der Waals surface area contributed by atoms with Crippen LogP contribution < -0.4 is 21.7 Å². The molecule has 0 aliphatic carbocycles. The zero-order valence-corrected chi connectivity index (χ0v) is 19.7. The van der Waals surface area contributed by atoms with Crippen molar-refractivity contribution in [3.8, 4) is 0 Å². The SMILES string of the molecule is CSCCC(NC(=O)C(CCC(=O)O)NC(=O)C(N)CC(=O)O)C(=O)NC(CCC(=O)O)C(=O)O. The van der Waals surface area contributed by atoms with Gasteiger partial charge in [-0.25, -0.2) is 4.79 Å². The fraction of sp³-hybridized carbons (Fsp3) is 0.632. The number of thioether (sulfide) groups is 1. The summed E-state index contributed by atoms with van der Waals surface area (Å²) >= 11 is 1.31. The molecule has 35 heavy (non-hydrogen) atoms. The maximum Gasteiger partial charge on any atom is 0.326 e. The van der Waals surface area contributed by atoms with Gasteiger partial charge in [-0.05, 0) is 31.3 Å². The molecular formula is C19H30N4O11S. The fourth-order valence-electron chi connectivity index (χ4n) is 2.67. The molecule has 0 spiro atoms. The van der Waals surface area contributed by atoms with Crippen LogP contribution in [-0.2, 0) is 33.6 Å². The first kappa shape index (κ1) is 31.6. The van der Waals surface area contributed by atoms with Crippen LogP contribution in [0.1, 0.15) is 38.5 Å². The minimum Gasteiger partial charge on any atom is -0.481 e. The molecule has 0 radical (unpaired) electrons. The standard InChI is InChI=1S/C19H30N4O11S/c1-35-7-6-11(18(32)23-12(19(33)34)3-5-14(26)27)22-17(31)10(2-4-13(24)25)21-16(30)9(20)8-15(28)29/h9-12H,2-8,20H2,1H3,(H,21,30)(H,22,31)(H,23,32)(H,24,25)(H,26,27)(H,28,29)(H,33,34). The molecule has 16 heteroatoms. The predicted molar refractivity (Wildman–Crippen MR) is 120 cm³/mol. The summed E-state index contributed by atoms with van der Waals surface area (Å²) < 4.78 is 0. The minimum absolute atomic E-state index is 0.0299. The molecule has 0 fully saturated rings. The van der Waals surface area contributed by atoms with Crippen molar-refractivity contribution in [1.82, 2.24) is 16.0 Å². The average molecular weight is 523 g/mol. The molecule has 3 amide bonds. The van der Waals surface area contributed by atoms with Crippen LogP contribution in [0.15, 0.2) is 0 Å². The lowest BCUT2D eigenvalue weighted by atomic mass is 10.1. The van der Waals surface area contributed by atoms with Crippen molar-refractivity contribution in [3.63, 3.8) is 0 Å². The number of carboxylic acid groups (broad SMARTS) is 4. The van der Waals surface area contributed by atoms with Crippen LogP contribution in [0.3, 0.4) is 0 Å². The molecule has 0 aromatic carbocycles. The second kappa shape index (κ2) is 16.3. The summed E-state index contributed by atoms with van der Waals surface area (Å²) in [5, 5.41) is 42.3. The maximum absolute atomic E-state index is 12.8. The van der Waals surface area contributed by atoms with Gasteiger partial charge >= 0.3 is 23.9 Å². The van der Waals surface area contributed by atoms with Crippen LogP contribution >= 0.6 is 11.8 Å². The summed E-state index contributed by atoms with van der Waals surface area (Å²) in [6.07, 6.45) is -0.891. The quantitative estimate of drug-likeness (QED) is 0.0952. The van der Waals surface area contributed by atoms with Crippen molar-refractivity contribution in [2.24, 2.45) is 5.73 Å². The molecule has 0 saturated carbocycles. The Balaban J connectivity index is 5.54. The molecule has 198 valence electrons. The number of amides is 3. The van der Waals surface area contributed by atoms with Crippen LogP contribution in [0.5, 0.6) is 0 Å². The van der Waals surface area contributed by atoms with Crippen molar-refractivity contribution in [2.75, 3.05) is 12.0 Å². The Bertz CT molecular complexity index is 808. The van der Waals surface area contributed by atoms with Crippen LogP contribution in [-0.4, -0.2) is 98.2 Å². The van der Waals surface area contributed by atoms with Crippen LogP contribution in [0, 0.1) is 0 Å². The van der Waals surface area contributed by atoms with Gasteiger partial charge in [-0.1, -0.05) is 0 Å². The summed E-state index contributed by atoms with van der Waals surface area (Å²) in [5.74, 6) is -7.97. The Morgan fingerprint density at radius 2 is 1.11 bits per heavy atom. The van der Waals surface area contributed by atoms with E-state index in [1.54, 1.807) is 6.26 Å². The van der Waals surface area contributed by atoms with Gasteiger partial charge in [-0.2, -0.15) is 11.8 Å². The van der Waals surface area contributed by atoms with Crippen molar-refractivity contribution >= 4 is 53.4 Å². The van der Waals surface area contributed by atoms with E-state index in [9.17, 15) is 38.7 Å². The highest BCUT2D eigenvalue weighted by Gasteiger charge is 2.31. The Morgan fingerprint density at radius 1 is 0.686 bits per heavy atom. The molecule has 0 aliphatic rings. The third-order valence-corrected chi connectivity index (χ3v) is 5.16. The third-order valence-electron chi connectivity index (χ3n) is 4.52.